The molecule has 1 aromatic carbocycles. The van der Waals surface area contributed by atoms with Crippen LogP contribution in [-0.4, -0.2) is 34.2 Å². The van der Waals surface area contributed by atoms with Gasteiger partial charge in [0.25, 0.3) is 0 Å². The number of piperidine rings is 1. The van der Waals surface area contributed by atoms with E-state index in [1.165, 1.54) is 5.56 Å². The van der Waals surface area contributed by atoms with Crippen molar-refractivity contribution in [1.82, 2.24) is 9.88 Å². The Balaban J connectivity index is 1.44. The lowest BCUT2D eigenvalue weighted by molar-refractivity contribution is 0.0519. The standard InChI is InChI=1S/C20H25ClN2O/c21-19-14-22-11-8-18(19)15-23-12-9-17(10-13-23)20(24)7-6-16-4-2-1-3-5-16/h1-5,8,11,14,17,20,24H,6-7,9-10,12-13,15H2/t20-/m0/s1. The Hall–Kier alpha value is -1.42. The molecule has 0 saturated carbocycles. The zero-order valence-corrected chi connectivity index (χ0v) is 14.7. The third kappa shape index (κ3) is 4.79. The van der Waals surface area contributed by atoms with Crippen LogP contribution in [0.5, 0.6) is 0 Å². The number of aliphatic hydroxyl groups excluding tert-OH is 1. The SMILES string of the molecule is O[C@@H](CCc1ccccc1)C1CCN(Cc2ccncc2Cl)CC1. The first-order chi connectivity index (χ1) is 11.7. The molecule has 24 heavy (non-hydrogen) atoms. The van der Waals surface area contributed by atoms with Gasteiger partial charge in [0.15, 0.2) is 0 Å². The summed E-state index contributed by atoms with van der Waals surface area (Å²) in [6.07, 6.45) is 7.21. The highest BCUT2D eigenvalue weighted by atomic mass is 35.5. The largest absolute Gasteiger partial charge is 0.393 e. The fraction of sp³-hybridized carbons (Fsp3) is 0.450. The highest BCUT2D eigenvalue weighted by molar-refractivity contribution is 6.31. The van der Waals surface area contributed by atoms with Crippen LogP contribution in [0.3, 0.4) is 0 Å². The van der Waals surface area contributed by atoms with Crippen molar-refractivity contribution in [3.63, 3.8) is 0 Å². The molecule has 1 atom stereocenters. The molecular weight excluding hydrogens is 320 g/mol. The van der Waals surface area contributed by atoms with Gasteiger partial charge in [-0.25, -0.2) is 0 Å². The molecular formula is C20H25ClN2O. The summed E-state index contributed by atoms with van der Waals surface area (Å²) >= 11 is 6.19. The average molecular weight is 345 g/mol. The average Bonchev–Trinajstić information content (AvgIpc) is 2.63. The summed E-state index contributed by atoms with van der Waals surface area (Å²) in [5, 5.41) is 11.2. The van der Waals surface area contributed by atoms with Crippen LogP contribution in [0.1, 0.15) is 30.4 Å². The van der Waals surface area contributed by atoms with Gasteiger partial charge in [0.1, 0.15) is 0 Å². The summed E-state index contributed by atoms with van der Waals surface area (Å²) in [6, 6.07) is 12.4. The quantitative estimate of drug-likeness (QED) is 0.862. The van der Waals surface area contributed by atoms with Crippen LogP contribution in [0.2, 0.25) is 5.02 Å². The minimum absolute atomic E-state index is 0.197. The number of nitrogens with zero attached hydrogens (tertiary/aromatic N) is 2. The summed E-state index contributed by atoms with van der Waals surface area (Å²) in [7, 11) is 0. The van der Waals surface area contributed by atoms with Gasteiger partial charge in [-0.05, 0) is 61.9 Å². The molecule has 1 fully saturated rings. The van der Waals surface area contributed by atoms with Gasteiger partial charge in [-0.2, -0.15) is 0 Å². The highest BCUT2D eigenvalue weighted by Gasteiger charge is 2.25. The van der Waals surface area contributed by atoms with E-state index in [1.54, 1.807) is 12.4 Å². The van der Waals surface area contributed by atoms with Crippen LogP contribution in [-0.2, 0) is 13.0 Å². The van der Waals surface area contributed by atoms with Gasteiger partial charge in [-0.15, -0.1) is 0 Å². The van der Waals surface area contributed by atoms with Crippen LogP contribution in [0.15, 0.2) is 48.8 Å². The van der Waals surface area contributed by atoms with E-state index in [0.717, 1.165) is 55.9 Å². The van der Waals surface area contributed by atoms with E-state index < -0.39 is 0 Å². The van der Waals surface area contributed by atoms with E-state index in [9.17, 15) is 5.11 Å². The molecule has 4 heteroatoms. The lowest BCUT2D eigenvalue weighted by atomic mass is 9.88. The number of aliphatic hydroxyl groups is 1. The maximum atomic E-state index is 10.5. The van der Waals surface area contributed by atoms with E-state index >= 15 is 0 Å². The molecule has 2 heterocycles. The number of halogens is 1. The lowest BCUT2D eigenvalue weighted by Crippen LogP contribution is -2.37. The molecule has 1 N–H and O–H groups in total. The summed E-state index contributed by atoms with van der Waals surface area (Å²) in [5.41, 5.74) is 2.44. The zero-order chi connectivity index (χ0) is 16.8. The number of aryl methyl sites for hydroxylation is 1. The van der Waals surface area contributed by atoms with Crippen LogP contribution < -0.4 is 0 Å². The van der Waals surface area contributed by atoms with Crippen LogP contribution in [0.4, 0.5) is 0 Å². The molecule has 1 saturated heterocycles. The van der Waals surface area contributed by atoms with Crippen molar-refractivity contribution in [3.8, 4) is 0 Å². The Bertz CT molecular complexity index is 627. The Labute approximate surface area is 149 Å². The smallest absolute Gasteiger partial charge is 0.0634 e. The molecule has 1 aliphatic heterocycles. The normalized spacial score (nSPS) is 17.8. The number of benzene rings is 1. The van der Waals surface area contributed by atoms with Gasteiger partial charge >= 0.3 is 0 Å². The Kier molecular flexibility index (Phi) is 6.24. The van der Waals surface area contributed by atoms with Crippen molar-refractivity contribution in [2.45, 2.75) is 38.3 Å². The first-order valence-electron chi connectivity index (χ1n) is 8.75. The van der Waals surface area contributed by atoms with E-state index in [2.05, 4.69) is 34.1 Å². The van der Waals surface area contributed by atoms with Crippen molar-refractivity contribution >= 4 is 11.6 Å². The Morgan fingerprint density at radius 2 is 1.92 bits per heavy atom. The molecule has 0 unspecified atom stereocenters. The Morgan fingerprint density at radius 3 is 2.62 bits per heavy atom. The number of pyridine rings is 1. The minimum atomic E-state index is -0.197. The predicted octanol–water partition coefficient (Wildman–Crippen LogP) is 3.94. The Morgan fingerprint density at radius 1 is 1.17 bits per heavy atom. The third-order valence-electron chi connectivity index (χ3n) is 5.00. The number of hydrogen-bond donors (Lipinski definition) is 1. The van der Waals surface area contributed by atoms with E-state index in [-0.39, 0.29) is 6.10 Å². The lowest BCUT2D eigenvalue weighted by Gasteiger charge is -2.34. The molecule has 0 radical (unpaired) electrons. The van der Waals surface area contributed by atoms with Gasteiger partial charge in [-0.3, -0.25) is 9.88 Å². The molecule has 0 bridgehead atoms. The topological polar surface area (TPSA) is 36.4 Å². The van der Waals surface area contributed by atoms with Crippen molar-refractivity contribution in [2.24, 2.45) is 5.92 Å². The van der Waals surface area contributed by atoms with Gasteiger partial charge < -0.3 is 5.11 Å². The van der Waals surface area contributed by atoms with E-state index in [4.69, 9.17) is 11.6 Å². The van der Waals surface area contributed by atoms with Crippen LogP contribution >= 0.6 is 11.6 Å². The maximum absolute atomic E-state index is 10.5. The van der Waals surface area contributed by atoms with Crippen LogP contribution in [0.25, 0.3) is 0 Å². The van der Waals surface area contributed by atoms with Gasteiger partial charge in [0.05, 0.1) is 11.1 Å². The number of aromatic nitrogens is 1. The monoisotopic (exact) mass is 344 g/mol. The van der Waals surface area contributed by atoms with Gasteiger partial charge in [0.2, 0.25) is 0 Å². The van der Waals surface area contributed by atoms with Crippen molar-refractivity contribution < 1.29 is 5.11 Å². The summed E-state index contributed by atoms with van der Waals surface area (Å²) in [5.74, 6) is 0.415. The third-order valence-corrected chi connectivity index (χ3v) is 5.34. The van der Waals surface area contributed by atoms with Gasteiger partial charge in [-0.1, -0.05) is 41.9 Å². The van der Waals surface area contributed by atoms with Crippen molar-refractivity contribution in [1.29, 1.82) is 0 Å². The minimum Gasteiger partial charge on any atom is -0.393 e. The molecule has 128 valence electrons. The second-order valence-electron chi connectivity index (χ2n) is 6.67. The fourth-order valence-corrected chi connectivity index (χ4v) is 3.64. The summed E-state index contributed by atoms with van der Waals surface area (Å²) < 4.78 is 0. The summed E-state index contributed by atoms with van der Waals surface area (Å²) in [6.45, 7) is 2.91. The van der Waals surface area contributed by atoms with E-state index in [1.807, 2.05) is 12.1 Å². The maximum Gasteiger partial charge on any atom is 0.0634 e. The second kappa shape index (κ2) is 8.61. The van der Waals surface area contributed by atoms with E-state index in [0.29, 0.717) is 5.92 Å². The summed E-state index contributed by atoms with van der Waals surface area (Å²) in [4.78, 5) is 6.45. The predicted molar refractivity (Wildman–Crippen MR) is 98.0 cm³/mol. The number of rotatable bonds is 6. The van der Waals surface area contributed by atoms with Crippen molar-refractivity contribution in [2.75, 3.05) is 13.1 Å². The van der Waals surface area contributed by atoms with Crippen molar-refractivity contribution in [3.05, 3.63) is 64.9 Å². The first kappa shape index (κ1) is 17.4. The van der Waals surface area contributed by atoms with Gasteiger partial charge in [0, 0.05) is 18.9 Å². The zero-order valence-electron chi connectivity index (χ0n) is 13.9. The number of likely N-dealkylation sites (tertiary alicyclic amines) is 1. The second-order valence-corrected chi connectivity index (χ2v) is 7.08. The van der Waals surface area contributed by atoms with Crippen LogP contribution in [0, 0.1) is 5.92 Å². The molecule has 1 aliphatic rings. The molecule has 3 rings (SSSR count). The molecule has 0 aliphatic carbocycles. The molecule has 0 spiro atoms. The fourth-order valence-electron chi connectivity index (χ4n) is 3.46. The number of hydrogen-bond acceptors (Lipinski definition) is 3. The first-order valence-corrected chi connectivity index (χ1v) is 9.13. The molecule has 2 aromatic rings. The molecule has 0 amide bonds. The molecule has 1 aromatic heterocycles. The molecule has 3 nitrogen and oxygen atoms in total. The highest BCUT2D eigenvalue weighted by Crippen LogP contribution is 2.25.